The molecule has 0 saturated carbocycles. The summed E-state index contributed by atoms with van der Waals surface area (Å²) in [4.78, 5) is 10.1. The van der Waals surface area contributed by atoms with Crippen LogP contribution in [0, 0.1) is 0 Å². The Morgan fingerprint density at radius 1 is 1.78 bits per heavy atom. The highest BCUT2D eigenvalue weighted by atomic mass is 16.5. The third-order valence-corrected chi connectivity index (χ3v) is 1.12. The molecule has 0 aromatic heterocycles. The molecule has 0 aliphatic carbocycles. The standard InChI is InChI=1S/C6H10O3/c1-4(6(7)8)5(2)9-3/h5H,1H2,2-3H3,(H,7,8). The molecule has 9 heavy (non-hydrogen) atoms. The van der Waals surface area contributed by atoms with Crippen LogP contribution in [0.4, 0.5) is 0 Å². The van der Waals surface area contributed by atoms with Crippen LogP contribution in [0.25, 0.3) is 0 Å². The van der Waals surface area contributed by atoms with Gasteiger partial charge in [-0.15, -0.1) is 0 Å². The quantitative estimate of drug-likeness (QED) is 0.571. The van der Waals surface area contributed by atoms with Crippen molar-refractivity contribution in [1.29, 1.82) is 0 Å². The van der Waals surface area contributed by atoms with Gasteiger partial charge in [0.25, 0.3) is 0 Å². The van der Waals surface area contributed by atoms with E-state index >= 15 is 0 Å². The van der Waals surface area contributed by atoms with Gasteiger partial charge in [0.1, 0.15) is 0 Å². The number of carboxylic acid groups (broad SMARTS) is 1. The normalized spacial score (nSPS) is 12.7. The fourth-order valence-corrected chi connectivity index (χ4v) is 0.316. The number of carboxylic acids is 1. The van der Waals surface area contributed by atoms with E-state index in [4.69, 9.17) is 9.84 Å². The van der Waals surface area contributed by atoms with Gasteiger partial charge in [-0.25, -0.2) is 4.79 Å². The van der Waals surface area contributed by atoms with Gasteiger partial charge >= 0.3 is 5.97 Å². The van der Waals surface area contributed by atoms with Crippen molar-refractivity contribution in [2.45, 2.75) is 13.0 Å². The summed E-state index contributed by atoms with van der Waals surface area (Å²) in [5.74, 6) is -1.01. The molecule has 0 radical (unpaired) electrons. The molecule has 3 heteroatoms. The van der Waals surface area contributed by atoms with Gasteiger partial charge in [0.2, 0.25) is 0 Å². The van der Waals surface area contributed by atoms with Crippen molar-refractivity contribution in [3.05, 3.63) is 12.2 Å². The Morgan fingerprint density at radius 2 is 2.22 bits per heavy atom. The number of rotatable bonds is 3. The summed E-state index contributed by atoms with van der Waals surface area (Å²) in [6.45, 7) is 4.94. The van der Waals surface area contributed by atoms with Crippen LogP contribution in [-0.2, 0) is 9.53 Å². The monoisotopic (exact) mass is 130 g/mol. The molecule has 52 valence electrons. The Balaban J connectivity index is 3.88. The SMILES string of the molecule is C=C(C(=O)O)C(C)OC. The van der Waals surface area contributed by atoms with Crippen molar-refractivity contribution < 1.29 is 14.6 Å². The van der Waals surface area contributed by atoms with Crippen molar-refractivity contribution in [3.63, 3.8) is 0 Å². The minimum atomic E-state index is -1.01. The maximum atomic E-state index is 10.1. The predicted octanol–water partition coefficient (Wildman–Crippen LogP) is 0.662. The topological polar surface area (TPSA) is 46.5 Å². The molecular formula is C6H10O3. The van der Waals surface area contributed by atoms with Gasteiger partial charge in [0, 0.05) is 7.11 Å². The molecule has 3 nitrogen and oxygen atoms in total. The van der Waals surface area contributed by atoms with Crippen molar-refractivity contribution >= 4 is 5.97 Å². The fraction of sp³-hybridized carbons (Fsp3) is 0.500. The predicted molar refractivity (Wildman–Crippen MR) is 33.2 cm³/mol. The number of carbonyl (C=O) groups is 1. The summed E-state index contributed by atoms with van der Waals surface area (Å²) < 4.78 is 4.69. The first kappa shape index (κ1) is 8.17. The van der Waals surface area contributed by atoms with E-state index < -0.39 is 12.1 Å². The molecule has 0 heterocycles. The zero-order valence-corrected chi connectivity index (χ0v) is 5.55. The van der Waals surface area contributed by atoms with Crippen LogP contribution >= 0.6 is 0 Å². The van der Waals surface area contributed by atoms with E-state index in [1.807, 2.05) is 0 Å². The summed E-state index contributed by atoms with van der Waals surface area (Å²) in [6, 6.07) is 0. The zero-order valence-electron chi connectivity index (χ0n) is 5.55. The van der Waals surface area contributed by atoms with Crippen LogP contribution in [-0.4, -0.2) is 24.3 Å². The van der Waals surface area contributed by atoms with Gasteiger partial charge in [-0.2, -0.15) is 0 Å². The average Bonchev–Trinajstić information content (AvgIpc) is 1.84. The van der Waals surface area contributed by atoms with Crippen molar-refractivity contribution in [2.24, 2.45) is 0 Å². The van der Waals surface area contributed by atoms with E-state index in [1.165, 1.54) is 7.11 Å². The van der Waals surface area contributed by atoms with Crippen LogP contribution in [0.2, 0.25) is 0 Å². The van der Waals surface area contributed by atoms with Gasteiger partial charge < -0.3 is 9.84 Å². The van der Waals surface area contributed by atoms with E-state index in [1.54, 1.807) is 6.92 Å². The molecule has 0 saturated heterocycles. The highest BCUT2D eigenvalue weighted by Crippen LogP contribution is 2.00. The van der Waals surface area contributed by atoms with E-state index in [9.17, 15) is 4.79 Å². The zero-order chi connectivity index (χ0) is 7.44. The number of ether oxygens (including phenoxy) is 1. The van der Waals surface area contributed by atoms with Crippen LogP contribution in [0.1, 0.15) is 6.92 Å². The lowest BCUT2D eigenvalue weighted by atomic mass is 10.2. The molecule has 0 amide bonds. The smallest absolute Gasteiger partial charge is 0.333 e. The summed E-state index contributed by atoms with van der Waals surface area (Å²) >= 11 is 0. The maximum absolute atomic E-state index is 10.1. The number of methoxy groups -OCH3 is 1. The van der Waals surface area contributed by atoms with Gasteiger partial charge in [-0.05, 0) is 6.92 Å². The molecule has 0 aliphatic rings. The second kappa shape index (κ2) is 3.25. The van der Waals surface area contributed by atoms with Crippen molar-refractivity contribution in [3.8, 4) is 0 Å². The van der Waals surface area contributed by atoms with Gasteiger partial charge in [0.05, 0.1) is 11.7 Å². The summed E-state index contributed by atoms with van der Waals surface area (Å²) in [7, 11) is 1.44. The highest BCUT2D eigenvalue weighted by molar-refractivity contribution is 5.86. The summed E-state index contributed by atoms with van der Waals surface area (Å²) in [6.07, 6.45) is -0.400. The fourth-order valence-electron chi connectivity index (χ4n) is 0.316. The molecule has 1 N–H and O–H groups in total. The Hall–Kier alpha value is -0.830. The first-order valence-electron chi connectivity index (χ1n) is 2.54. The molecule has 0 aliphatic heterocycles. The molecule has 0 aromatic rings. The number of aliphatic carboxylic acids is 1. The van der Waals surface area contributed by atoms with E-state index in [2.05, 4.69) is 6.58 Å². The Kier molecular flexibility index (Phi) is 2.95. The van der Waals surface area contributed by atoms with E-state index in [0.29, 0.717) is 0 Å². The van der Waals surface area contributed by atoms with Gasteiger partial charge in [-0.1, -0.05) is 6.58 Å². The van der Waals surface area contributed by atoms with Crippen molar-refractivity contribution in [1.82, 2.24) is 0 Å². The second-order valence-electron chi connectivity index (χ2n) is 1.71. The minimum absolute atomic E-state index is 0.0810. The van der Waals surface area contributed by atoms with Crippen molar-refractivity contribution in [2.75, 3.05) is 7.11 Å². The van der Waals surface area contributed by atoms with E-state index in [-0.39, 0.29) is 5.57 Å². The number of hydrogen-bond acceptors (Lipinski definition) is 2. The van der Waals surface area contributed by atoms with Crippen LogP contribution in [0.3, 0.4) is 0 Å². The van der Waals surface area contributed by atoms with Crippen LogP contribution in [0.5, 0.6) is 0 Å². The molecule has 0 aromatic carbocycles. The maximum Gasteiger partial charge on any atom is 0.333 e. The van der Waals surface area contributed by atoms with Crippen LogP contribution < -0.4 is 0 Å². The molecule has 0 bridgehead atoms. The molecular weight excluding hydrogens is 120 g/mol. The molecule has 1 atom stereocenters. The lowest BCUT2D eigenvalue weighted by Crippen LogP contribution is -2.14. The Bertz CT molecular complexity index is 128. The Morgan fingerprint density at radius 3 is 2.33 bits per heavy atom. The van der Waals surface area contributed by atoms with Gasteiger partial charge in [-0.3, -0.25) is 0 Å². The summed E-state index contributed by atoms with van der Waals surface area (Å²) in [5.41, 5.74) is 0.0810. The summed E-state index contributed by atoms with van der Waals surface area (Å²) in [5, 5.41) is 8.30. The first-order valence-corrected chi connectivity index (χ1v) is 2.54. The largest absolute Gasteiger partial charge is 0.478 e. The third-order valence-electron chi connectivity index (χ3n) is 1.12. The second-order valence-corrected chi connectivity index (χ2v) is 1.71. The minimum Gasteiger partial charge on any atom is -0.478 e. The highest BCUT2D eigenvalue weighted by Gasteiger charge is 2.10. The van der Waals surface area contributed by atoms with Gasteiger partial charge in [0.15, 0.2) is 0 Å². The first-order chi connectivity index (χ1) is 4.09. The van der Waals surface area contributed by atoms with Crippen LogP contribution in [0.15, 0.2) is 12.2 Å². The number of hydrogen-bond donors (Lipinski definition) is 1. The molecule has 0 fully saturated rings. The molecule has 1 unspecified atom stereocenters. The molecule has 0 rings (SSSR count). The lowest BCUT2D eigenvalue weighted by Gasteiger charge is -2.06. The molecule has 0 spiro atoms. The lowest BCUT2D eigenvalue weighted by molar-refractivity contribution is -0.133. The third kappa shape index (κ3) is 2.28. The Labute approximate surface area is 53.9 Å². The van der Waals surface area contributed by atoms with E-state index in [0.717, 1.165) is 0 Å². The average molecular weight is 130 g/mol.